The summed E-state index contributed by atoms with van der Waals surface area (Å²) in [5, 5.41) is 0. The summed E-state index contributed by atoms with van der Waals surface area (Å²) in [5.74, 6) is 0. The van der Waals surface area contributed by atoms with E-state index in [0.29, 0.717) is 13.2 Å². The van der Waals surface area contributed by atoms with Gasteiger partial charge in [0.25, 0.3) is 0 Å². The first kappa shape index (κ1) is 17.8. The van der Waals surface area contributed by atoms with E-state index >= 15 is 0 Å². The minimum atomic E-state index is -0.146. The van der Waals surface area contributed by atoms with Crippen molar-refractivity contribution in [2.75, 3.05) is 33.5 Å². The molecule has 0 amide bonds. The summed E-state index contributed by atoms with van der Waals surface area (Å²) >= 11 is 0. The Labute approximate surface area is 112 Å². The van der Waals surface area contributed by atoms with E-state index in [1.54, 1.807) is 7.11 Å². The second-order valence-electron chi connectivity index (χ2n) is 5.83. The summed E-state index contributed by atoms with van der Waals surface area (Å²) in [6.45, 7) is 11.2. The fraction of sp³-hybridized carbons (Fsp3) is 1.00. The summed E-state index contributed by atoms with van der Waals surface area (Å²) in [6, 6.07) is 0. The van der Waals surface area contributed by atoms with Crippen LogP contribution in [0.3, 0.4) is 0 Å². The summed E-state index contributed by atoms with van der Waals surface area (Å²) in [7, 11) is 1.73. The maximum absolute atomic E-state index is 5.89. The molecule has 0 spiro atoms. The van der Waals surface area contributed by atoms with Crippen LogP contribution in [0, 0.1) is 0 Å². The molecule has 0 radical (unpaired) electrons. The Morgan fingerprint density at radius 1 is 0.889 bits per heavy atom. The molecule has 0 aliphatic carbocycles. The van der Waals surface area contributed by atoms with Crippen molar-refractivity contribution in [3.05, 3.63) is 0 Å². The molecule has 0 aliphatic heterocycles. The molecule has 4 heteroatoms. The van der Waals surface area contributed by atoms with E-state index in [-0.39, 0.29) is 11.2 Å². The third-order valence-corrected chi connectivity index (χ3v) is 3.09. The fourth-order valence-corrected chi connectivity index (χ4v) is 1.35. The van der Waals surface area contributed by atoms with Crippen LogP contribution in [0.5, 0.6) is 0 Å². The van der Waals surface area contributed by atoms with Crippen LogP contribution in [-0.2, 0) is 14.2 Å². The van der Waals surface area contributed by atoms with Crippen molar-refractivity contribution in [2.24, 2.45) is 5.73 Å². The van der Waals surface area contributed by atoms with Gasteiger partial charge < -0.3 is 19.9 Å². The molecule has 0 heterocycles. The summed E-state index contributed by atoms with van der Waals surface area (Å²) in [5.41, 5.74) is 5.14. The molecule has 0 saturated carbocycles. The second-order valence-corrected chi connectivity index (χ2v) is 5.83. The van der Waals surface area contributed by atoms with E-state index in [2.05, 4.69) is 27.7 Å². The van der Waals surface area contributed by atoms with Crippen molar-refractivity contribution in [2.45, 2.75) is 58.2 Å². The first-order valence-corrected chi connectivity index (χ1v) is 6.80. The lowest BCUT2D eigenvalue weighted by Crippen LogP contribution is -2.31. The lowest BCUT2D eigenvalue weighted by atomic mass is 10.0. The Balaban J connectivity index is 3.66. The minimum Gasteiger partial charge on any atom is -0.381 e. The molecule has 2 N–H and O–H groups in total. The number of methoxy groups -OCH3 is 1. The van der Waals surface area contributed by atoms with Gasteiger partial charge in [0.05, 0.1) is 17.8 Å². The van der Waals surface area contributed by atoms with Gasteiger partial charge in [0, 0.05) is 20.3 Å². The lowest BCUT2D eigenvalue weighted by Gasteiger charge is -2.28. The van der Waals surface area contributed by atoms with Crippen molar-refractivity contribution in [3.63, 3.8) is 0 Å². The zero-order valence-corrected chi connectivity index (χ0v) is 12.8. The van der Waals surface area contributed by atoms with Crippen molar-refractivity contribution in [3.8, 4) is 0 Å². The lowest BCUT2D eigenvalue weighted by molar-refractivity contribution is -0.0697. The maximum Gasteiger partial charge on any atom is 0.0648 e. The standard InChI is InChI=1S/C14H31NO3/c1-13(2,16-5)8-12-18-14(3,4)7-11-17-10-6-9-15/h6-12,15H2,1-5H3. The highest BCUT2D eigenvalue weighted by Gasteiger charge is 2.21. The minimum absolute atomic E-state index is 0.117. The molecule has 0 rings (SSSR count). The Kier molecular flexibility index (Phi) is 8.78. The average molecular weight is 261 g/mol. The van der Waals surface area contributed by atoms with Gasteiger partial charge in [-0.15, -0.1) is 0 Å². The van der Waals surface area contributed by atoms with Gasteiger partial charge >= 0.3 is 0 Å². The van der Waals surface area contributed by atoms with Crippen LogP contribution in [0.4, 0.5) is 0 Å². The third-order valence-electron chi connectivity index (χ3n) is 3.09. The zero-order chi connectivity index (χ0) is 14.1. The van der Waals surface area contributed by atoms with Crippen LogP contribution >= 0.6 is 0 Å². The first-order valence-electron chi connectivity index (χ1n) is 6.80. The van der Waals surface area contributed by atoms with Gasteiger partial charge in [0.1, 0.15) is 0 Å². The van der Waals surface area contributed by atoms with Crippen molar-refractivity contribution in [1.82, 2.24) is 0 Å². The number of rotatable bonds is 11. The van der Waals surface area contributed by atoms with Gasteiger partial charge in [-0.1, -0.05) is 0 Å². The number of nitrogens with two attached hydrogens (primary N) is 1. The summed E-state index contributed by atoms with van der Waals surface area (Å²) < 4.78 is 16.7. The second kappa shape index (κ2) is 8.86. The maximum atomic E-state index is 5.89. The highest BCUT2D eigenvalue weighted by Crippen LogP contribution is 2.18. The molecule has 0 aromatic heterocycles. The van der Waals surface area contributed by atoms with Crippen LogP contribution in [0.2, 0.25) is 0 Å². The van der Waals surface area contributed by atoms with E-state index in [1.807, 2.05) is 0 Å². The van der Waals surface area contributed by atoms with Crippen molar-refractivity contribution in [1.29, 1.82) is 0 Å². The molecule has 0 fully saturated rings. The molecular weight excluding hydrogens is 230 g/mol. The molecule has 0 aromatic rings. The van der Waals surface area contributed by atoms with E-state index in [0.717, 1.165) is 32.5 Å². The van der Waals surface area contributed by atoms with E-state index in [4.69, 9.17) is 19.9 Å². The zero-order valence-electron chi connectivity index (χ0n) is 12.8. The highest BCUT2D eigenvalue weighted by molar-refractivity contribution is 4.71. The molecule has 110 valence electrons. The highest BCUT2D eigenvalue weighted by atomic mass is 16.5. The van der Waals surface area contributed by atoms with Gasteiger partial charge in [-0.3, -0.25) is 0 Å². The molecule has 18 heavy (non-hydrogen) atoms. The van der Waals surface area contributed by atoms with Crippen molar-refractivity contribution < 1.29 is 14.2 Å². The molecule has 0 unspecified atom stereocenters. The van der Waals surface area contributed by atoms with Gasteiger partial charge in [-0.2, -0.15) is 0 Å². The summed E-state index contributed by atoms with van der Waals surface area (Å²) in [4.78, 5) is 0. The van der Waals surface area contributed by atoms with Crippen LogP contribution in [0.25, 0.3) is 0 Å². The van der Waals surface area contributed by atoms with E-state index < -0.39 is 0 Å². The molecule has 0 atom stereocenters. The van der Waals surface area contributed by atoms with Crippen LogP contribution < -0.4 is 5.73 Å². The molecule has 0 aromatic carbocycles. The predicted octanol–water partition coefficient (Wildman–Crippen LogP) is 2.35. The average Bonchev–Trinajstić information content (AvgIpc) is 2.28. The molecular formula is C14H31NO3. The quantitative estimate of drug-likeness (QED) is 0.580. The van der Waals surface area contributed by atoms with Gasteiger partial charge in [-0.25, -0.2) is 0 Å². The third kappa shape index (κ3) is 9.83. The summed E-state index contributed by atoms with van der Waals surface area (Å²) in [6.07, 6.45) is 2.70. The van der Waals surface area contributed by atoms with E-state index in [9.17, 15) is 0 Å². The Hall–Kier alpha value is -0.160. The van der Waals surface area contributed by atoms with Crippen LogP contribution in [0.1, 0.15) is 47.0 Å². The van der Waals surface area contributed by atoms with Gasteiger partial charge in [-0.05, 0) is 53.5 Å². The fourth-order valence-electron chi connectivity index (χ4n) is 1.35. The monoisotopic (exact) mass is 261 g/mol. The van der Waals surface area contributed by atoms with Gasteiger partial charge in [0.15, 0.2) is 0 Å². The van der Waals surface area contributed by atoms with Crippen LogP contribution in [-0.4, -0.2) is 44.7 Å². The van der Waals surface area contributed by atoms with E-state index in [1.165, 1.54) is 0 Å². The Bertz CT molecular complexity index is 205. The molecule has 0 bridgehead atoms. The first-order chi connectivity index (χ1) is 8.33. The molecule has 0 saturated heterocycles. The largest absolute Gasteiger partial charge is 0.381 e. The molecule has 4 nitrogen and oxygen atoms in total. The number of hydrogen-bond donors (Lipinski definition) is 1. The predicted molar refractivity (Wildman–Crippen MR) is 74.8 cm³/mol. The van der Waals surface area contributed by atoms with Crippen molar-refractivity contribution >= 4 is 0 Å². The van der Waals surface area contributed by atoms with Gasteiger partial charge in [0.2, 0.25) is 0 Å². The Morgan fingerprint density at radius 3 is 2.06 bits per heavy atom. The smallest absolute Gasteiger partial charge is 0.0648 e. The topological polar surface area (TPSA) is 53.7 Å². The van der Waals surface area contributed by atoms with Crippen LogP contribution in [0.15, 0.2) is 0 Å². The number of hydrogen-bond acceptors (Lipinski definition) is 4. The SMILES string of the molecule is COC(C)(C)CCOC(C)(C)CCOCCCN. The Morgan fingerprint density at radius 2 is 1.50 bits per heavy atom. The molecule has 0 aliphatic rings. The number of ether oxygens (including phenoxy) is 3. The normalized spacial score (nSPS) is 13.0.